The van der Waals surface area contributed by atoms with Crippen LogP contribution in [0.25, 0.3) is 11.0 Å². The summed E-state index contributed by atoms with van der Waals surface area (Å²) in [6.07, 6.45) is 0.709. The van der Waals surface area contributed by atoms with Crippen LogP contribution in [0.5, 0.6) is 5.75 Å². The first-order valence-electron chi connectivity index (χ1n) is 7.89. The van der Waals surface area contributed by atoms with Crippen LogP contribution in [0.2, 0.25) is 0 Å². The minimum absolute atomic E-state index is 0.0589. The zero-order valence-electron chi connectivity index (χ0n) is 14.1. The first-order valence-corrected chi connectivity index (χ1v) is 7.89. The smallest absolute Gasteiger partial charge is 0.339 e. The second-order valence-corrected chi connectivity index (χ2v) is 5.42. The van der Waals surface area contributed by atoms with Gasteiger partial charge in [-0.25, -0.2) is 4.79 Å². The lowest BCUT2D eigenvalue weighted by atomic mass is 10.0. The fraction of sp³-hybridized carbons (Fsp3) is 0.444. The third-order valence-corrected chi connectivity index (χ3v) is 4.20. The number of rotatable bonds is 6. The van der Waals surface area contributed by atoms with Crippen LogP contribution in [0.4, 0.5) is 0 Å². The van der Waals surface area contributed by atoms with Crippen LogP contribution in [0.1, 0.15) is 31.4 Å². The van der Waals surface area contributed by atoms with Gasteiger partial charge in [-0.2, -0.15) is 0 Å². The third-order valence-electron chi connectivity index (χ3n) is 4.20. The molecular weight excluding hydrogens is 294 g/mol. The Morgan fingerprint density at radius 1 is 1.26 bits per heavy atom. The zero-order chi connectivity index (χ0) is 17.0. The van der Waals surface area contributed by atoms with E-state index in [1.807, 2.05) is 32.9 Å². The minimum atomic E-state index is -0.379. The van der Waals surface area contributed by atoms with Crippen LogP contribution in [0, 0.1) is 6.92 Å². The summed E-state index contributed by atoms with van der Waals surface area (Å²) in [6.45, 7) is 7.15. The van der Waals surface area contributed by atoms with E-state index in [9.17, 15) is 9.59 Å². The summed E-state index contributed by atoms with van der Waals surface area (Å²) in [7, 11) is 1.57. The van der Waals surface area contributed by atoms with Gasteiger partial charge in [0.15, 0.2) is 0 Å². The highest BCUT2D eigenvalue weighted by Gasteiger charge is 2.15. The summed E-state index contributed by atoms with van der Waals surface area (Å²) in [5, 5.41) is 0.871. The lowest BCUT2D eigenvalue weighted by Gasteiger charge is -2.18. The van der Waals surface area contributed by atoms with Gasteiger partial charge in [0.1, 0.15) is 11.3 Å². The van der Waals surface area contributed by atoms with Crippen LogP contribution in [0.3, 0.4) is 0 Å². The molecule has 124 valence electrons. The van der Waals surface area contributed by atoms with E-state index < -0.39 is 0 Å². The molecule has 0 N–H and O–H groups in total. The number of aryl methyl sites for hydroxylation is 1. The maximum atomic E-state index is 12.2. The molecule has 1 aromatic carbocycles. The number of carbonyl (C=O) groups is 1. The van der Waals surface area contributed by atoms with Crippen LogP contribution in [-0.2, 0) is 11.2 Å². The van der Waals surface area contributed by atoms with Crippen molar-refractivity contribution in [2.45, 2.75) is 33.6 Å². The van der Waals surface area contributed by atoms with Gasteiger partial charge in [0, 0.05) is 36.5 Å². The molecule has 1 heterocycles. The predicted octanol–water partition coefficient (Wildman–Crippen LogP) is 2.91. The summed E-state index contributed by atoms with van der Waals surface area (Å²) >= 11 is 0. The van der Waals surface area contributed by atoms with Gasteiger partial charge in [0.2, 0.25) is 5.91 Å². The lowest BCUT2D eigenvalue weighted by molar-refractivity contribution is -0.130. The summed E-state index contributed by atoms with van der Waals surface area (Å²) < 4.78 is 10.6. The highest BCUT2D eigenvalue weighted by Crippen LogP contribution is 2.24. The van der Waals surface area contributed by atoms with Crippen LogP contribution < -0.4 is 10.4 Å². The standard InChI is InChI=1S/C18H23NO4/c1-5-19(6-2)17(20)10-9-15-12(3)14-8-7-13(22-4)11-16(14)23-18(15)21/h7-8,11H,5-6,9-10H2,1-4H3. The summed E-state index contributed by atoms with van der Waals surface area (Å²) in [4.78, 5) is 26.1. The highest BCUT2D eigenvalue weighted by molar-refractivity contribution is 5.82. The van der Waals surface area contributed by atoms with E-state index in [1.54, 1.807) is 18.1 Å². The Balaban J connectivity index is 2.31. The second kappa shape index (κ2) is 7.31. The van der Waals surface area contributed by atoms with E-state index >= 15 is 0 Å². The van der Waals surface area contributed by atoms with Crippen molar-refractivity contribution in [2.75, 3.05) is 20.2 Å². The van der Waals surface area contributed by atoms with Gasteiger partial charge in [-0.1, -0.05) is 0 Å². The van der Waals surface area contributed by atoms with E-state index in [-0.39, 0.29) is 11.5 Å². The van der Waals surface area contributed by atoms with Gasteiger partial charge in [-0.15, -0.1) is 0 Å². The minimum Gasteiger partial charge on any atom is -0.497 e. The van der Waals surface area contributed by atoms with Gasteiger partial charge in [-0.05, 0) is 44.9 Å². The molecule has 0 aliphatic rings. The molecule has 0 fully saturated rings. The van der Waals surface area contributed by atoms with E-state index in [2.05, 4.69) is 0 Å². The normalized spacial score (nSPS) is 10.8. The average molecular weight is 317 g/mol. The lowest BCUT2D eigenvalue weighted by Crippen LogP contribution is -2.31. The molecular formula is C18H23NO4. The van der Waals surface area contributed by atoms with Crippen molar-refractivity contribution >= 4 is 16.9 Å². The predicted molar refractivity (Wildman–Crippen MR) is 90.0 cm³/mol. The first-order chi connectivity index (χ1) is 11.0. The number of nitrogens with zero attached hydrogens (tertiary/aromatic N) is 1. The Bertz CT molecular complexity index is 759. The van der Waals surface area contributed by atoms with Gasteiger partial charge in [0.05, 0.1) is 7.11 Å². The molecule has 0 aliphatic heterocycles. The first kappa shape index (κ1) is 17.1. The summed E-state index contributed by atoms with van der Waals surface area (Å²) in [6, 6.07) is 5.41. The van der Waals surface area contributed by atoms with Crippen molar-refractivity contribution in [3.05, 3.63) is 39.7 Å². The number of amides is 1. The van der Waals surface area contributed by atoms with Crippen molar-refractivity contribution in [3.63, 3.8) is 0 Å². The molecule has 0 bridgehead atoms. The number of fused-ring (bicyclic) bond motifs is 1. The second-order valence-electron chi connectivity index (χ2n) is 5.42. The average Bonchev–Trinajstić information content (AvgIpc) is 2.55. The van der Waals surface area contributed by atoms with Crippen molar-refractivity contribution in [1.82, 2.24) is 4.90 Å². The molecule has 0 aliphatic carbocycles. The van der Waals surface area contributed by atoms with Gasteiger partial charge in [-0.3, -0.25) is 4.79 Å². The number of carbonyl (C=O) groups excluding carboxylic acids is 1. The summed E-state index contributed by atoms with van der Waals surface area (Å²) in [5.74, 6) is 0.702. The Hall–Kier alpha value is -2.30. The topological polar surface area (TPSA) is 59.8 Å². The molecule has 2 aromatic rings. The molecule has 0 spiro atoms. The maximum absolute atomic E-state index is 12.2. The molecule has 23 heavy (non-hydrogen) atoms. The zero-order valence-corrected chi connectivity index (χ0v) is 14.1. The molecule has 5 nitrogen and oxygen atoms in total. The third kappa shape index (κ3) is 3.55. The number of hydrogen-bond donors (Lipinski definition) is 0. The molecule has 0 saturated carbocycles. The summed E-state index contributed by atoms with van der Waals surface area (Å²) in [5.41, 5.74) is 1.57. The van der Waals surface area contributed by atoms with Crippen LogP contribution in [0.15, 0.2) is 27.4 Å². The molecule has 0 unspecified atom stereocenters. The van der Waals surface area contributed by atoms with Crippen molar-refractivity contribution < 1.29 is 13.9 Å². The molecule has 2 rings (SSSR count). The van der Waals surface area contributed by atoms with Crippen molar-refractivity contribution in [1.29, 1.82) is 0 Å². The van der Waals surface area contributed by atoms with E-state index in [1.165, 1.54) is 0 Å². The molecule has 0 saturated heterocycles. The van der Waals surface area contributed by atoms with E-state index in [4.69, 9.17) is 9.15 Å². The molecule has 0 atom stereocenters. The van der Waals surface area contributed by atoms with Crippen LogP contribution in [-0.4, -0.2) is 31.0 Å². The molecule has 1 amide bonds. The monoisotopic (exact) mass is 317 g/mol. The fourth-order valence-electron chi connectivity index (χ4n) is 2.76. The van der Waals surface area contributed by atoms with Crippen molar-refractivity contribution in [2.24, 2.45) is 0 Å². The van der Waals surface area contributed by atoms with Gasteiger partial charge in [0.25, 0.3) is 0 Å². The molecule has 5 heteroatoms. The van der Waals surface area contributed by atoms with Gasteiger partial charge >= 0.3 is 5.63 Å². The van der Waals surface area contributed by atoms with Crippen molar-refractivity contribution in [3.8, 4) is 5.75 Å². The number of methoxy groups -OCH3 is 1. The van der Waals surface area contributed by atoms with E-state index in [0.717, 1.165) is 10.9 Å². The Labute approximate surface area is 135 Å². The fourth-order valence-corrected chi connectivity index (χ4v) is 2.76. The van der Waals surface area contributed by atoms with Gasteiger partial charge < -0.3 is 14.1 Å². The maximum Gasteiger partial charge on any atom is 0.339 e. The van der Waals surface area contributed by atoms with E-state index in [0.29, 0.717) is 42.8 Å². The Morgan fingerprint density at radius 2 is 1.96 bits per heavy atom. The quantitative estimate of drug-likeness (QED) is 0.769. The highest BCUT2D eigenvalue weighted by atomic mass is 16.5. The SMILES string of the molecule is CCN(CC)C(=O)CCc1c(C)c2ccc(OC)cc2oc1=O. The largest absolute Gasteiger partial charge is 0.497 e. The number of hydrogen-bond acceptors (Lipinski definition) is 4. The van der Waals surface area contributed by atoms with Crippen LogP contribution >= 0.6 is 0 Å². The molecule has 1 aromatic heterocycles. The Morgan fingerprint density at radius 3 is 2.57 bits per heavy atom. The Kier molecular flexibility index (Phi) is 5.42. The molecule has 0 radical (unpaired) electrons. The number of ether oxygens (including phenoxy) is 1. The number of benzene rings is 1.